The van der Waals surface area contributed by atoms with Gasteiger partial charge in [-0.05, 0) is 43.7 Å². The Kier molecular flexibility index (Phi) is 8.82. The molecule has 7 nitrogen and oxygen atoms in total. The Morgan fingerprint density at radius 3 is 2.34 bits per heavy atom. The van der Waals surface area contributed by atoms with Gasteiger partial charge in [0.05, 0.1) is 18.1 Å². The number of carboxylic acids is 1. The van der Waals surface area contributed by atoms with E-state index in [1.165, 1.54) is 0 Å². The number of hydrogen-bond donors (Lipinski definition) is 3. The Morgan fingerprint density at radius 2 is 1.77 bits per heavy atom. The fourth-order valence-corrected chi connectivity index (χ4v) is 4.35. The molecule has 0 spiro atoms. The molecule has 0 aromatic heterocycles. The van der Waals surface area contributed by atoms with E-state index in [4.69, 9.17) is 21.0 Å². The highest BCUT2D eigenvalue weighted by molar-refractivity contribution is 5.95. The van der Waals surface area contributed by atoms with Gasteiger partial charge in [0, 0.05) is 25.1 Å². The third kappa shape index (κ3) is 7.26. The van der Waals surface area contributed by atoms with Crippen molar-refractivity contribution in [2.45, 2.75) is 45.8 Å². The van der Waals surface area contributed by atoms with Crippen molar-refractivity contribution in [1.82, 2.24) is 4.90 Å². The summed E-state index contributed by atoms with van der Waals surface area (Å²) < 4.78 is 6.30. The lowest BCUT2D eigenvalue weighted by molar-refractivity contribution is -0.149. The predicted molar refractivity (Wildman–Crippen MR) is 137 cm³/mol. The summed E-state index contributed by atoms with van der Waals surface area (Å²) in [5.74, 6) is -0.655. The van der Waals surface area contributed by atoms with E-state index in [-0.39, 0.29) is 24.1 Å². The summed E-state index contributed by atoms with van der Waals surface area (Å²) >= 11 is 0. The quantitative estimate of drug-likeness (QED) is 0.348. The summed E-state index contributed by atoms with van der Waals surface area (Å²) in [6, 6.07) is 17.2. The van der Waals surface area contributed by atoms with Crippen LogP contribution in [0.3, 0.4) is 0 Å². The van der Waals surface area contributed by atoms with Gasteiger partial charge >= 0.3 is 5.97 Å². The van der Waals surface area contributed by atoms with Crippen LogP contribution in [0.15, 0.2) is 60.7 Å². The number of hydrogen-bond acceptors (Lipinski definition) is 4. The molecule has 1 aliphatic heterocycles. The van der Waals surface area contributed by atoms with E-state index in [0.717, 1.165) is 11.1 Å². The molecule has 0 aliphatic carbocycles. The molecule has 1 saturated heterocycles. The zero-order valence-electron chi connectivity index (χ0n) is 20.4. The Hall–Kier alpha value is -3.45. The smallest absolute Gasteiger partial charge is 0.303 e. The van der Waals surface area contributed by atoms with Crippen LogP contribution in [0.4, 0.5) is 0 Å². The molecule has 186 valence electrons. The number of piperidine rings is 1. The first-order valence-corrected chi connectivity index (χ1v) is 12.0. The minimum Gasteiger partial charge on any atom is -0.481 e. The van der Waals surface area contributed by atoms with Crippen LogP contribution in [0.1, 0.15) is 49.8 Å². The minimum atomic E-state index is -0.829. The normalized spacial score (nSPS) is 15.8. The number of nitrogen functional groups attached to an aromatic ring is 1. The van der Waals surface area contributed by atoms with Gasteiger partial charge in [-0.25, -0.2) is 0 Å². The molecule has 1 atom stereocenters. The molecule has 1 aliphatic rings. The van der Waals surface area contributed by atoms with Crippen molar-refractivity contribution in [3.63, 3.8) is 0 Å². The van der Waals surface area contributed by atoms with Crippen LogP contribution in [0.25, 0.3) is 6.08 Å². The zero-order chi connectivity index (χ0) is 25.4. The lowest BCUT2D eigenvalue weighted by Gasteiger charge is -2.39. The third-order valence-corrected chi connectivity index (χ3v) is 6.59. The highest BCUT2D eigenvalue weighted by atomic mass is 16.5. The number of amides is 1. The monoisotopic (exact) mass is 477 g/mol. The third-order valence-electron chi connectivity index (χ3n) is 6.59. The van der Waals surface area contributed by atoms with Crippen molar-refractivity contribution >= 4 is 23.8 Å². The average Bonchev–Trinajstić information content (AvgIpc) is 2.84. The number of rotatable bonds is 10. The summed E-state index contributed by atoms with van der Waals surface area (Å²) in [6.07, 6.45) is 4.90. The summed E-state index contributed by atoms with van der Waals surface area (Å²) in [7, 11) is 0. The number of nitrogens with zero attached hydrogens (tertiary/aromatic N) is 1. The molecule has 0 saturated carbocycles. The predicted octanol–water partition coefficient (Wildman–Crippen LogP) is 4.31. The van der Waals surface area contributed by atoms with E-state index in [2.05, 4.69) is 0 Å². The van der Waals surface area contributed by atoms with Gasteiger partial charge < -0.3 is 20.5 Å². The standard InChI is InChI=1S/C28H35N3O4/c1-28(2,27(34)31-16-14-21(15-17-31)18-25(32)33)24(35-19-22-6-4-3-5-7-22)13-10-20-8-11-23(12-9-20)26(29)30/h3-13,21,24H,14-19H2,1-2H3,(H3,29,30)(H,32,33)/b13-10+. The lowest BCUT2D eigenvalue weighted by Crippen LogP contribution is -2.50. The Balaban J connectivity index is 1.76. The highest BCUT2D eigenvalue weighted by Gasteiger charge is 2.40. The first-order chi connectivity index (χ1) is 16.7. The van der Waals surface area contributed by atoms with Crippen molar-refractivity contribution in [3.8, 4) is 0 Å². The number of benzene rings is 2. The van der Waals surface area contributed by atoms with Gasteiger partial charge in [-0.15, -0.1) is 0 Å². The van der Waals surface area contributed by atoms with E-state index < -0.39 is 17.5 Å². The Morgan fingerprint density at radius 1 is 1.14 bits per heavy atom. The number of carboxylic acid groups (broad SMARTS) is 1. The molecule has 0 bridgehead atoms. The van der Waals surface area contributed by atoms with Gasteiger partial charge in [-0.2, -0.15) is 0 Å². The van der Waals surface area contributed by atoms with Crippen molar-refractivity contribution < 1.29 is 19.4 Å². The molecule has 1 unspecified atom stereocenters. The van der Waals surface area contributed by atoms with Crippen LogP contribution in [-0.2, 0) is 20.9 Å². The zero-order valence-corrected chi connectivity index (χ0v) is 20.4. The number of carbonyl (C=O) groups is 2. The fourth-order valence-electron chi connectivity index (χ4n) is 4.35. The van der Waals surface area contributed by atoms with Crippen LogP contribution in [0.2, 0.25) is 0 Å². The van der Waals surface area contributed by atoms with Crippen LogP contribution in [0.5, 0.6) is 0 Å². The largest absolute Gasteiger partial charge is 0.481 e. The minimum absolute atomic E-state index is 0.000847. The van der Waals surface area contributed by atoms with Gasteiger partial charge in [0.1, 0.15) is 5.84 Å². The molecule has 0 radical (unpaired) electrons. The van der Waals surface area contributed by atoms with Gasteiger partial charge in [-0.3, -0.25) is 15.0 Å². The van der Waals surface area contributed by atoms with E-state index in [0.29, 0.717) is 38.1 Å². The molecule has 1 amide bonds. The van der Waals surface area contributed by atoms with Crippen LogP contribution >= 0.6 is 0 Å². The van der Waals surface area contributed by atoms with Crippen molar-refractivity contribution in [2.24, 2.45) is 17.1 Å². The maximum atomic E-state index is 13.6. The topological polar surface area (TPSA) is 117 Å². The van der Waals surface area contributed by atoms with Crippen LogP contribution in [-0.4, -0.2) is 46.9 Å². The van der Waals surface area contributed by atoms with E-state index >= 15 is 0 Å². The van der Waals surface area contributed by atoms with E-state index in [1.807, 2.05) is 73.4 Å². The Labute approximate surface area is 207 Å². The van der Waals surface area contributed by atoms with Crippen molar-refractivity contribution in [2.75, 3.05) is 13.1 Å². The highest BCUT2D eigenvalue weighted by Crippen LogP contribution is 2.31. The molecule has 3 rings (SSSR count). The van der Waals surface area contributed by atoms with Gasteiger partial charge in [0.2, 0.25) is 5.91 Å². The summed E-state index contributed by atoms with van der Waals surface area (Å²) in [4.78, 5) is 26.5. The molecule has 2 aromatic carbocycles. The number of carbonyl (C=O) groups excluding carboxylic acids is 1. The van der Waals surface area contributed by atoms with Crippen LogP contribution in [0, 0.1) is 16.7 Å². The molecule has 1 fully saturated rings. The maximum absolute atomic E-state index is 13.6. The second-order valence-corrected chi connectivity index (χ2v) is 9.67. The lowest BCUT2D eigenvalue weighted by atomic mass is 9.82. The second-order valence-electron chi connectivity index (χ2n) is 9.67. The van der Waals surface area contributed by atoms with Gasteiger partial charge in [0.15, 0.2) is 0 Å². The number of amidine groups is 1. The molecule has 7 heteroatoms. The second kappa shape index (κ2) is 11.8. The van der Waals surface area contributed by atoms with Gasteiger partial charge in [0.25, 0.3) is 0 Å². The number of likely N-dealkylation sites (tertiary alicyclic amines) is 1. The molecular formula is C28H35N3O4. The first-order valence-electron chi connectivity index (χ1n) is 12.0. The summed E-state index contributed by atoms with van der Waals surface area (Å²) in [5.41, 5.74) is 7.31. The molecular weight excluding hydrogens is 442 g/mol. The molecule has 1 heterocycles. The number of nitrogens with one attached hydrogen (secondary N) is 1. The molecule has 2 aromatic rings. The first kappa shape index (κ1) is 26.2. The molecule has 35 heavy (non-hydrogen) atoms. The van der Waals surface area contributed by atoms with Crippen molar-refractivity contribution in [1.29, 1.82) is 5.41 Å². The Bertz CT molecular complexity index is 1040. The van der Waals surface area contributed by atoms with Gasteiger partial charge in [-0.1, -0.05) is 66.7 Å². The summed E-state index contributed by atoms with van der Waals surface area (Å²) in [6.45, 7) is 5.29. The van der Waals surface area contributed by atoms with E-state index in [9.17, 15) is 9.59 Å². The van der Waals surface area contributed by atoms with Crippen molar-refractivity contribution in [3.05, 3.63) is 77.4 Å². The number of aliphatic carboxylic acids is 1. The number of nitrogens with two attached hydrogens (primary N) is 1. The molecule has 4 N–H and O–H groups in total. The number of ether oxygens (including phenoxy) is 1. The fraction of sp³-hybridized carbons (Fsp3) is 0.393. The summed E-state index contributed by atoms with van der Waals surface area (Å²) in [5, 5.41) is 16.6. The SMILES string of the molecule is CC(C)(C(=O)N1CCC(CC(=O)O)CC1)C(/C=C/c1ccc(C(=N)N)cc1)OCc1ccccc1. The average molecular weight is 478 g/mol. The van der Waals surface area contributed by atoms with E-state index in [1.54, 1.807) is 12.1 Å². The maximum Gasteiger partial charge on any atom is 0.303 e. The van der Waals surface area contributed by atoms with Crippen LogP contribution < -0.4 is 5.73 Å².